The third kappa shape index (κ3) is 2.58. The minimum Gasteiger partial charge on any atom is -0.388 e. The van der Waals surface area contributed by atoms with E-state index in [1.54, 1.807) is 12.4 Å². The number of hydrogen-bond donors (Lipinski definition) is 1. The second-order valence-electron chi connectivity index (χ2n) is 4.39. The smallest absolute Gasteiger partial charge is 0.115 e. The largest absolute Gasteiger partial charge is 0.388 e. The molecule has 0 aliphatic carbocycles. The van der Waals surface area contributed by atoms with Gasteiger partial charge in [0.25, 0.3) is 0 Å². The van der Waals surface area contributed by atoms with E-state index in [0.29, 0.717) is 12.0 Å². The molecule has 0 bridgehead atoms. The second-order valence-corrected chi connectivity index (χ2v) is 4.39. The van der Waals surface area contributed by atoms with Crippen LogP contribution in [0.2, 0.25) is 0 Å². The maximum absolute atomic E-state index is 10.1. The highest BCUT2D eigenvalue weighted by Crippen LogP contribution is 2.18. The van der Waals surface area contributed by atoms with E-state index in [1.807, 2.05) is 36.4 Å². The molecule has 4 nitrogen and oxygen atoms in total. The van der Waals surface area contributed by atoms with Crippen LogP contribution in [-0.4, -0.2) is 20.1 Å². The summed E-state index contributed by atoms with van der Waals surface area (Å²) in [6.07, 6.45) is 4.52. The molecule has 0 fully saturated rings. The molecule has 1 N–H and O–H groups in total. The van der Waals surface area contributed by atoms with Crippen molar-refractivity contribution in [3.8, 4) is 0 Å². The summed E-state index contributed by atoms with van der Waals surface area (Å²) in [5, 5.41) is 11.2. The van der Waals surface area contributed by atoms with Crippen molar-refractivity contribution in [3.05, 3.63) is 66.4 Å². The predicted octanol–water partition coefficient (Wildman–Crippen LogP) is 2.30. The van der Waals surface area contributed by atoms with Crippen LogP contribution in [0.25, 0.3) is 10.9 Å². The molecule has 3 aromatic rings. The summed E-state index contributed by atoms with van der Waals surface area (Å²) in [4.78, 5) is 12.4. The molecule has 1 aromatic carbocycles. The van der Waals surface area contributed by atoms with Crippen LogP contribution in [0, 0.1) is 0 Å². The number of nitrogens with zero attached hydrogens (tertiary/aromatic N) is 3. The Morgan fingerprint density at radius 2 is 1.79 bits per heavy atom. The molecule has 0 aliphatic heterocycles. The molecule has 1 atom stereocenters. The van der Waals surface area contributed by atoms with Gasteiger partial charge in [-0.25, -0.2) is 9.97 Å². The molecular weight excluding hydrogens is 238 g/mol. The number of aliphatic hydroxyl groups excluding tert-OH is 1. The van der Waals surface area contributed by atoms with Gasteiger partial charge in [0.15, 0.2) is 0 Å². The summed E-state index contributed by atoms with van der Waals surface area (Å²) in [6.45, 7) is 0. The lowest BCUT2D eigenvalue weighted by Crippen LogP contribution is -2.04. The topological polar surface area (TPSA) is 58.9 Å². The van der Waals surface area contributed by atoms with Crippen molar-refractivity contribution in [2.24, 2.45) is 0 Å². The third-order valence-electron chi connectivity index (χ3n) is 3.02. The molecule has 19 heavy (non-hydrogen) atoms. The lowest BCUT2D eigenvalue weighted by Gasteiger charge is -2.09. The third-order valence-corrected chi connectivity index (χ3v) is 3.02. The van der Waals surface area contributed by atoms with Crippen molar-refractivity contribution < 1.29 is 5.11 Å². The molecule has 0 aliphatic rings. The van der Waals surface area contributed by atoms with Crippen LogP contribution in [-0.2, 0) is 6.42 Å². The van der Waals surface area contributed by atoms with Crippen LogP contribution >= 0.6 is 0 Å². The minimum atomic E-state index is -0.630. The highest BCUT2D eigenvalue weighted by atomic mass is 16.3. The van der Waals surface area contributed by atoms with Gasteiger partial charge in [0.05, 0.1) is 11.6 Å². The molecule has 94 valence electrons. The Hall–Kier alpha value is -2.33. The van der Waals surface area contributed by atoms with Gasteiger partial charge in [0.1, 0.15) is 6.33 Å². The van der Waals surface area contributed by atoms with Gasteiger partial charge in [0.2, 0.25) is 0 Å². The van der Waals surface area contributed by atoms with E-state index in [9.17, 15) is 5.11 Å². The standard InChI is InChI=1S/C15H13N3O/c19-15(12-8-16-10-17-9-12)7-13-6-5-11-3-1-2-4-14(11)18-13/h1-6,8-10,15,19H,7H2. The average Bonchev–Trinajstić information content (AvgIpc) is 2.48. The molecule has 0 amide bonds. The van der Waals surface area contributed by atoms with Crippen LogP contribution < -0.4 is 0 Å². The van der Waals surface area contributed by atoms with Gasteiger partial charge in [-0.2, -0.15) is 0 Å². The zero-order chi connectivity index (χ0) is 13.1. The number of rotatable bonds is 3. The SMILES string of the molecule is OC(Cc1ccc2ccccc2n1)c1cncnc1. The van der Waals surface area contributed by atoms with Crippen molar-refractivity contribution in [3.63, 3.8) is 0 Å². The summed E-state index contributed by atoms with van der Waals surface area (Å²) < 4.78 is 0. The van der Waals surface area contributed by atoms with E-state index < -0.39 is 6.10 Å². The zero-order valence-electron chi connectivity index (χ0n) is 10.3. The van der Waals surface area contributed by atoms with Crippen molar-refractivity contribution >= 4 is 10.9 Å². The first-order chi connectivity index (χ1) is 9.33. The molecule has 2 aromatic heterocycles. The van der Waals surface area contributed by atoms with Crippen LogP contribution in [0.5, 0.6) is 0 Å². The molecule has 0 saturated heterocycles. The van der Waals surface area contributed by atoms with Crippen LogP contribution in [0.4, 0.5) is 0 Å². The number of pyridine rings is 1. The van der Waals surface area contributed by atoms with E-state index >= 15 is 0 Å². The zero-order valence-corrected chi connectivity index (χ0v) is 10.3. The Balaban J connectivity index is 1.85. The van der Waals surface area contributed by atoms with Gasteiger partial charge in [-0.05, 0) is 12.1 Å². The average molecular weight is 251 g/mol. The van der Waals surface area contributed by atoms with Crippen molar-refractivity contribution in [1.29, 1.82) is 0 Å². The summed E-state index contributed by atoms with van der Waals surface area (Å²) in [5.41, 5.74) is 2.50. The number of hydrogen-bond acceptors (Lipinski definition) is 4. The number of para-hydroxylation sites is 1. The molecule has 4 heteroatoms. The van der Waals surface area contributed by atoms with Crippen molar-refractivity contribution in [2.75, 3.05) is 0 Å². The fourth-order valence-corrected chi connectivity index (χ4v) is 2.02. The van der Waals surface area contributed by atoms with Gasteiger partial charge in [-0.1, -0.05) is 24.3 Å². The fourth-order valence-electron chi connectivity index (χ4n) is 2.02. The maximum atomic E-state index is 10.1. The summed E-state index contributed by atoms with van der Waals surface area (Å²) in [5.74, 6) is 0. The first-order valence-electron chi connectivity index (χ1n) is 6.10. The van der Waals surface area contributed by atoms with E-state index in [-0.39, 0.29) is 0 Å². The van der Waals surface area contributed by atoms with Gasteiger partial charge in [-0.3, -0.25) is 4.98 Å². The molecule has 3 rings (SSSR count). The molecule has 0 saturated carbocycles. The lowest BCUT2D eigenvalue weighted by atomic mass is 10.1. The van der Waals surface area contributed by atoms with Gasteiger partial charge in [0, 0.05) is 35.5 Å². The highest BCUT2D eigenvalue weighted by Gasteiger charge is 2.10. The Labute approximate surface area is 110 Å². The molecule has 0 spiro atoms. The molecule has 2 heterocycles. The normalized spacial score (nSPS) is 12.5. The highest BCUT2D eigenvalue weighted by molar-refractivity contribution is 5.78. The Kier molecular flexibility index (Phi) is 3.16. The monoisotopic (exact) mass is 251 g/mol. The van der Waals surface area contributed by atoms with Gasteiger partial charge >= 0.3 is 0 Å². The number of aromatic nitrogens is 3. The second kappa shape index (κ2) is 5.12. The van der Waals surface area contributed by atoms with E-state index in [4.69, 9.17) is 0 Å². The number of benzene rings is 1. The fraction of sp³-hybridized carbons (Fsp3) is 0.133. The minimum absolute atomic E-state index is 0.457. The Morgan fingerprint density at radius 1 is 1.00 bits per heavy atom. The first-order valence-corrected chi connectivity index (χ1v) is 6.10. The molecule has 0 radical (unpaired) electrons. The summed E-state index contributed by atoms with van der Waals surface area (Å²) in [6, 6.07) is 11.9. The van der Waals surface area contributed by atoms with E-state index in [1.165, 1.54) is 6.33 Å². The Morgan fingerprint density at radius 3 is 2.63 bits per heavy atom. The molecule has 1 unspecified atom stereocenters. The van der Waals surface area contributed by atoms with E-state index in [2.05, 4.69) is 15.0 Å². The summed E-state index contributed by atoms with van der Waals surface area (Å²) in [7, 11) is 0. The Bertz CT molecular complexity index is 685. The lowest BCUT2D eigenvalue weighted by molar-refractivity contribution is 0.176. The van der Waals surface area contributed by atoms with Gasteiger partial charge in [-0.15, -0.1) is 0 Å². The van der Waals surface area contributed by atoms with Crippen LogP contribution in [0.15, 0.2) is 55.1 Å². The van der Waals surface area contributed by atoms with Gasteiger partial charge < -0.3 is 5.11 Å². The van der Waals surface area contributed by atoms with Crippen molar-refractivity contribution in [2.45, 2.75) is 12.5 Å². The first kappa shape index (κ1) is 11.7. The quantitative estimate of drug-likeness (QED) is 0.776. The maximum Gasteiger partial charge on any atom is 0.115 e. The van der Waals surface area contributed by atoms with Crippen LogP contribution in [0.1, 0.15) is 17.4 Å². The van der Waals surface area contributed by atoms with Crippen LogP contribution in [0.3, 0.4) is 0 Å². The number of aliphatic hydroxyl groups is 1. The predicted molar refractivity (Wildman–Crippen MR) is 72.4 cm³/mol. The van der Waals surface area contributed by atoms with Crippen molar-refractivity contribution in [1.82, 2.24) is 15.0 Å². The number of fused-ring (bicyclic) bond motifs is 1. The van der Waals surface area contributed by atoms with E-state index in [0.717, 1.165) is 16.6 Å². The summed E-state index contributed by atoms with van der Waals surface area (Å²) >= 11 is 0. The molecular formula is C15H13N3O.